The summed E-state index contributed by atoms with van der Waals surface area (Å²) in [5.41, 5.74) is 0.751. The number of halogens is 2. The number of nitrogens with zero attached hydrogens (tertiary/aromatic N) is 4. The summed E-state index contributed by atoms with van der Waals surface area (Å²) in [6.07, 6.45) is 6.49. The van der Waals surface area contributed by atoms with E-state index in [-0.39, 0.29) is 5.91 Å². The van der Waals surface area contributed by atoms with Crippen molar-refractivity contribution >= 4 is 34.8 Å². The average molecular weight is 378 g/mol. The molecule has 0 aliphatic heterocycles. The lowest BCUT2D eigenvalue weighted by molar-refractivity contribution is -0.123. The third-order valence-electron chi connectivity index (χ3n) is 3.80. The quantitative estimate of drug-likeness (QED) is 0.734. The number of benzene rings is 1. The van der Waals surface area contributed by atoms with Crippen LogP contribution >= 0.6 is 23.2 Å². The van der Waals surface area contributed by atoms with Gasteiger partial charge in [-0.1, -0.05) is 35.3 Å². The van der Waals surface area contributed by atoms with Crippen LogP contribution in [0.25, 0.3) is 0 Å². The number of aromatic nitrogens is 4. The summed E-state index contributed by atoms with van der Waals surface area (Å²) >= 11 is 11.9. The maximum absolute atomic E-state index is 12.6. The Labute approximate surface area is 155 Å². The Morgan fingerprint density at radius 1 is 1.16 bits per heavy atom. The van der Waals surface area contributed by atoms with Crippen LogP contribution in [0.15, 0.2) is 49.1 Å². The molecule has 2 heterocycles. The number of carbonyl (C=O) groups is 1. The standard InChI is InChI=1S/C17H17Cl2N5O/c1-17(2,24-10-14(19)7-21-24)16(25)22-15-8-20-23(11-15)9-12-4-3-5-13(18)6-12/h3-8,10-11H,9H2,1-2H3,(H,22,25). The molecule has 0 spiro atoms. The van der Waals surface area contributed by atoms with E-state index in [1.165, 1.54) is 10.9 Å². The van der Waals surface area contributed by atoms with Crippen LogP contribution in [0.5, 0.6) is 0 Å². The Morgan fingerprint density at radius 2 is 1.96 bits per heavy atom. The van der Waals surface area contributed by atoms with Gasteiger partial charge in [-0.25, -0.2) is 0 Å². The number of hydrogen-bond acceptors (Lipinski definition) is 3. The molecule has 8 heteroatoms. The van der Waals surface area contributed by atoms with Gasteiger partial charge in [0.2, 0.25) is 0 Å². The van der Waals surface area contributed by atoms with Gasteiger partial charge in [0, 0.05) is 17.4 Å². The fourth-order valence-corrected chi connectivity index (χ4v) is 2.68. The molecule has 0 aliphatic carbocycles. The first kappa shape index (κ1) is 17.5. The van der Waals surface area contributed by atoms with Crippen molar-refractivity contribution in [2.24, 2.45) is 0 Å². The van der Waals surface area contributed by atoms with E-state index >= 15 is 0 Å². The molecule has 0 radical (unpaired) electrons. The molecular formula is C17H17Cl2N5O. The normalized spacial score (nSPS) is 11.5. The molecule has 2 aromatic heterocycles. The Hall–Kier alpha value is -2.31. The van der Waals surface area contributed by atoms with Gasteiger partial charge in [-0.15, -0.1) is 0 Å². The molecule has 3 rings (SSSR count). The maximum Gasteiger partial charge on any atom is 0.251 e. The minimum Gasteiger partial charge on any atom is -0.321 e. The molecular weight excluding hydrogens is 361 g/mol. The predicted octanol–water partition coefficient (Wildman–Crippen LogP) is 3.81. The van der Waals surface area contributed by atoms with Crippen LogP contribution in [0.1, 0.15) is 19.4 Å². The number of carbonyl (C=O) groups excluding carboxylic acids is 1. The largest absolute Gasteiger partial charge is 0.321 e. The fourth-order valence-electron chi connectivity index (χ4n) is 2.33. The zero-order valence-corrected chi connectivity index (χ0v) is 15.3. The van der Waals surface area contributed by atoms with Gasteiger partial charge in [-0.2, -0.15) is 10.2 Å². The Kier molecular flexibility index (Phi) is 4.83. The highest BCUT2D eigenvalue weighted by atomic mass is 35.5. The number of nitrogens with one attached hydrogen (secondary N) is 1. The summed E-state index contributed by atoms with van der Waals surface area (Å²) in [6, 6.07) is 7.56. The van der Waals surface area contributed by atoms with E-state index in [4.69, 9.17) is 23.2 Å². The topological polar surface area (TPSA) is 64.7 Å². The van der Waals surface area contributed by atoms with E-state index in [1.54, 1.807) is 37.1 Å². The molecule has 6 nitrogen and oxygen atoms in total. The van der Waals surface area contributed by atoms with Crippen molar-refractivity contribution in [3.05, 3.63) is 64.7 Å². The lowest BCUT2D eigenvalue weighted by Crippen LogP contribution is -2.40. The van der Waals surface area contributed by atoms with Crippen molar-refractivity contribution in [3.8, 4) is 0 Å². The summed E-state index contributed by atoms with van der Waals surface area (Å²) in [7, 11) is 0. The molecule has 0 fully saturated rings. The third-order valence-corrected chi connectivity index (χ3v) is 4.23. The van der Waals surface area contributed by atoms with Gasteiger partial charge in [0.15, 0.2) is 0 Å². The van der Waals surface area contributed by atoms with E-state index in [1.807, 2.05) is 24.3 Å². The Bertz CT molecular complexity index is 900. The number of amides is 1. The van der Waals surface area contributed by atoms with Crippen molar-refractivity contribution in [2.45, 2.75) is 25.9 Å². The second-order valence-corrected chi connectivity index (χ2v) is 7.05. The summed E-state index contributed by atoms with van der Waals surface area (Å²) in [5.74, 6) is -0.213. The van der Waals surface area contributed by atoms with E-state index in [9.17, 15) is 4.79 Å². The molecule has 1 amide bonds. The SMILES string of the molecule is CC(C)(C(=O)Nc1cnn(Cc2cccc(Cl)c2)c1)n1cc(Cl)cn1. The van der Waals surface area contributed by atoms with Crippen LogP contribution in [0.3, 0.4) is 0 Å². The fraction of sp³-hybridized carbons (Fsp3) is 0.235. The molecule has 130 valence electrons. The van der Waals surface area contributed by atoms with Crippen LogP contribution in [-0.4, -0.2) is 25.5 Å². The summed E-state index contributed by atoms with van der Waals surface area (Å²) in [5, 5.41) is 12.4. The van der Waals surface area contributed by atoms with Gasteiger partial charge in [-0.05, 0) is 31.5 Å². The number of hydrogen-bond donors (Lipinski definition) is 1. The first-order chi connectivity index (χ1) is 11.8. The van der Waals surface area contributed by atoms with E-state index in [0.29, 0.717) is 22.3 Å². The van der Waals surface area contributed by atoms with E-state index in [2.05, 4.69) is 15.5 Å². The van der Waals surface area contributed by atoms with Crippen LogP contribution in [-0.2, 0) is 16.9 Å². The van der Waals surface area contributed by atoms with Crippen molar-refractivity contribution in [1.29, 1.82) is 0 Å². The maximum atomic E-state index is 12.6. The van der Waals surface area contributed by atoms with Crippen molar-refractivity contribution in [2.75, 3.05) is 5.32 Å². The monoisotopic (exact) mass is 377 g/mol. The third kappa shape index (κ3) is 4.03. The second-order valence-electron chi connectivity index (χ2n) is 6.17. The second kappa shape index (κ2) is 6.90. The summed E-state index contributed by atoms with van der Waals surface area (Å²) < 4.78 is 3.26. The van der Waals surface area contributed by atoms with Crippen LogP contribution in [0.2, 0.25) is 10.0 Å². The molecule has 0 bridgehead atoms. The molecule has 0 saturated heterocycles. The van der Waals surface area contributed by atoms with E-state index < -0.39 is 5.54 Å². The van der Waals surface area contributed by atoms with Gasteiger partial charge in [0.1, 0.15) is 5.54 Å². The lowest BCUT2D eigenvalue weighted by Gasteiger charge is -2.23. The van der Waals surface area contributed by atoms with Gasteiger partial charge in [0.05, 0.1) is 29.6 Å². The van der Waals surface area contributed by atoms with Crippen LogP contribution in [0, 0.1) is 0 Å². The highest BCUT2D eigenvalue weighted by Crippen LogP contribution is 2.20. The molecule has 0 aliphatic rings. The zero-order valence-electron chi connectivity index (χ0n) is 13.8. The predicted molar refractivity (Wildman–Crippen MR) is 98.0 cm³/mol. The van der Waals surface area contributed by atoms with Gasteiger partial charge >= 0.3 is 0 Å². The van der Waals surface area contributed by atoms with Gasteiger partial charge in [0.25, 0.3) is 5.91 Å². The smallest absolute Gasteiger partial charge is 0.251 e. The molecule has 0 unspecified atom stereocenters. The summed E-state index contributed by atoms with van der Waals surface area (Å²) in [4.78, 5) is 12.6. The molecule has 25 heavy (non-hydrogen) atoms. The van der Waals surface area contributed by atoms with E-state index in [0.717, 1.165) is 5.56 Å². The Morgan fingerprint density at radius 3 is 2.64 bits per heavy atom. The lowest BCUT2D eigenvalue weighted by atomic mass is 10.1. The Balaban J connectivity index is 1.69. The first-order valence-electron chi connectivity index (χ1n) is 7.63. The molecule has 0 atom stereocenters. The molecule has 1 N–H and O–H groups in total. The zero-order chi connectivity index (χ0) is 18.0. The highest BCUT2D eigenvalue weighted by molar-refractivity contribution is 6.30. The van der Waals surface area contributed by atoms with Crippen LogP contribution in [0.4, 0.5) is 5.69 Å². The van der Waals surface area contributed by atoms with Crippen molar-refractivity contribution < 1.29 is 4.79 Å². The first-order valence-corrected chi connectivity index (χ1v) is 8.39. The highest BCUT2D eigenvalue weighted by Gasteiger charge is 2.31. The summed E-state index contributed by atoms with van der Waals surface area (Å²) in [6.45, 7) is 4.10. The number of anilines is 1. The minimum atomic E-state index is -0.887. The van der Waals surface area contributed by atoms with Gasteiger partial charge in [-0.3, -0.25) is 14.2 Å². The van der Waals surface area contributed by atoms with Crippen molar-refractivity contribution in [3.63, 3.8) is 0 Å². The number of rotatable bonds is 5. The van der Waals surface area contributed by atoms with Crippen LogP contribution < -0.4 is 5.32 Å². The minimum absolute atomic E-state index is 0.213. The molecule has 3 aromatic rings. The molecule has 1 aromatic carbocycles. The van der Waals surface area contributed by atoms with Crippen molar-refractivity contribution in [1.82, 2.24) is 19.6 Å². The average Bonchev–Trinajstić information content (AvgIpc) is 3.17. The van der Waals surface area contributed by atoms with Gasteiger partial charge < -0.3 is 5.32 Å². The molecule has 0 saturated carbocycles.